The lowest BCUT2D eigenvalue weighted by molar-refractivity contribution is 0.535. The molecule has 152 valence electrons. The molecule has 0 saturated carbocycles. The van der Waals surface area contributed by atoms with Crippen LogP contribution < -0.4 is 0 Å². The lowest BCUT2D eigenvalue weighted by Crippen LogP contribution is -1.89. The van der Waals surface area contributed by atoms with Crippen LogP contribution in [0.3, 0.4) is 0 Å². The van der Waals surface area contributed by atoms with Gasteiger partial charge in [-0.25, -0.2) is 4.98 Å². The average molecular weight is 371 g/mol. The van der Waals surface area contributed by atoms with Crippen molar-refractivity contribution < 1.29 is 0 Å². The zero-order chi connectivity index (χ0) is 19.3. The van der Waals surface area contributed by atoms with Crippen molar-refractivity contribution in [2.75, 3.05) is 0 Å². The normalized spacial score (nSPS) is 11.5. The maximum absolute atomic E-state index is 4.82. The fourth-order valence-electron chi connectivity index (χ4n) is 3.97. The number of aromatic nitrogens is 2. The number of imidazole rings is 1. The van der Waals surface area contributed by atoms with E-state index in [0.29, 0.717) is 0 Å². The summed E-state index contributed by atoms with van der Waals surface area (Å²) in [5.41, 5.74) is 5.00. The molecule has 0 atom stereocenters. The minimum atomic E-state index is 1.09. The highest BCUT2D eigenvalue weighted by Crippen LogP contribution is 2.20. The first-order valence-electron chi connectivity index (χ1n) is 11.7. The number of rotatable bonds is 15. The third-order valence-corrected chi connectivity index (χ3v) is 5.99. The van der Waals surface area contributed by atoms with Gasteiger partial charge in [0.1, 0.15) is 5.82 Å². The zero-order valence-electron chi connectivity index (χ0n) is 18.2. The van der Waals surface area contributed by atoms with Crippen LogP contribution in [0, 0.1) is 13.8 Å². The average Bonchev–Trinajstić information content (AvgIpc) is 3.09. The van der Waals surface area contributed by atoms with E-state index in [0.717, 1.165) is 17.8 Å². The summed E-state index contributed by atoms with van der Waals surface area (Å²) in [5.74, 6) is 1.16. The van der Waals surface area contributed by atoms with Crippen molar-refractivity contribution in [2.45, 2.75) is 117 Å². The van der Waals surface area contributed by atoms with E-state index in [-0.39, 0.29) is 0 Å². The van der Waals surface area contributed by atoms with Crippen LogP contribution >= 0.6 is 0 Å². The molecule has 1 aromatic carbocycles. The quantitative estimate of drug-likeness (QED) is 0.314. The molecule has 2 nitrogen and oxygen atoms in total. The van der Waals surface area contributed by atoms with Gasteiger partial charge in [-0.05, 0) is 37.5 Å². The Kier molecular flexibility index (Phi) is 10.6. The summed E-state index contributed by atoms with van der Waals surface area (Å²) < 4.78 is 0. The summed E-state index contributed by atoms with van der Waals surface area (Å²) in [7, 11) is 0. The van der Waals surface area contributed by atoms with Crippen LogP contribution in [0.1, 0.15) is 114 Å². The molecule has 2 heteroatoms. The number of aromatic amines is 1. The second-order valence-corrected chi connectivity index (χ2v) is 8.43. The van der Waals surface area contributed by atoms with Crippen LogP contribution in [-0.4, -0.2) is 9.97 Å². The molecule has 27 heavy (non-hydrogen) atoms. The predicted octanol–water partition coefficient (Wildman–Crippen LogP) is 8.20. The second-order valence-electron chi connectivity index (χ2n) is 8.43. The maximum atomic E-state index is 4.82. The van der Waals surface area contributed by atoms with Crippen LogP contribution in [0.4, 0.5) is 0 Å². The number of hydrogen-bond acceptors (Lipinski definition) is 1. The van der Waals surface area contributed by atoms with E-state index in [9.17, 15) is 0 Å². The second kappa shape index (κ2) is 13.0. The molecule has 0 aliphatic rings. The first-order chi connectivity index (χ1) is 13.2. The van der Waals surface area contributed by atoms with Crippen molar-refractivity contribution in [1.29, 1.82) is 0 Å². The number of H-pyrrole nitrogens is 1. The molecule has 0 amide bonds. The van der Waals surface area contributed by atoms with E-state index >= 15 is 0 Å². The molecule has 1 aromatic heterocycles. The summed E-state index contributed by atoms with van der Waals surface area (Å²) in [6.07, 6.45) is 20.9. The Labute approximate surface area is 167 Å². The highest BCUT2D eigenvalue weighted by molar-refractivity contribution is 5.79. The predicted molar refractivity (Wildman–Crippen MR) is 120 cm³/mol. The number of benzene rings is 1. The summed E-state index contributed by atoms with van der Waals surface area (Å²) in [4.78, 5) is 8.32. The van der Waals surface area contributed by atoms with Gasteiger partial charge in [-0.15, -0.1) is 0 Å². The lowest BCUT2D eigenvalue weighted by atomic mass is 10.0. The fourth-order valence-corrected chi connectivity index (χ4v) is 3.97. The van der Waals surface area contributed by atoms with Gasteiger partial charge < -0.3 is 4.98 Å². The summed E-state index contributed by atoms with van der Waals surface area (Å²) >= 11 is 0. The van der Waals surface area contributed by atoms with E-state index < -0.39 is 0 Å². The molecular weight excluding hydrogens is 328 g/mol. The molecule has 0 aliphatic heterocycles. The SMILES string of the molecule is CCCCCCCCCCCCCCCCc1nc2c(C)c(C)ccc2[nH]1. The van der Waals surface area contributed by atoms with Crippen LogP contribution in [0.2, 0.25) is 0 Å². The minimum Gasteiger partial charge on any atom is -0.342 e. The van der Waals surface area contributed by atoms with Crippen molar-refractivity contribution >= 4 is 11.0 Å². The Morgan fingerprint density at radius 1 is 0.704 bits per heavy atom. The topological polar surface area (TPSA) is 28.7 Å². The Bertz CT molecular complexity index is 641. The van der Waals surface area contributed by atoms with E-state index in [1.165, 1.54) is 107 Å². The van der Waals surface area contributed by atoms with Crippen LogP contribution in [-0.2, 0) is 6.42 Å². The number of aryl methyl sites for hydroxylation is 3. The third kappa shape index (κ3) is 8.07. The van der Waals surface area contributed by atoms with Gasteiger partial charge in [0.2, 0.25) is 0 Å². The molecular formula is C25H42N2. The Morgan fingerprint density at radius 3 is 1.78 bits per heavy atom. The largest absolute Gasteiger partial charge is 0.342 e. The minimum absolute atomic E-state index is 1.09. The van der Waals surface area contributed by atoms with Gasteiger partial charge in [-0.3, -0.25) is 0 Å². The molecule has 0 spiro atoms. The summed E-state index contributed by atoms with van der Waals surface area (Å²) in [5, 5.41) is 0. The molecule has 0 radical (unpaired) electrons. The highest BCUT2D eigenvalue weighted by atomic mass is 14.9. The van der Waals surface area contributed by atoms with E-state index in [4.69, 9.17) is 4.98 Å². The third-order valence-electron chi connectivity index (χ3n) is 5.99. The first kappa shape index (κ1) is 22.0. The molecule has 0 aliphatic carbocycles. The molecule has 2 aromatic rings. The molecule has 0 saturated heterocycles. The van der Waals surface area contributed by atoms with E-state index in [1.807, 2.05) is 0 Å². The smallest absolute Gasteiger partial charge is 0.107 e. The highest BCUT2D eigenvalue weighted by Gasteiger charge is 2.06. The van der Waals surface area contributed by atoms with Crippen molar-refractivity contribution in [1.82, 2.24) is 9.97 Å². The van der Waals surface area contributed by atoms with Gasteiger partial charge in [0.25, 0.3) is 0 Å². The molecule has 0 fully saturated rings. The van der Waals surface area contributed by atoms with Crippen LogP contribution in [0.5, 0.6) is 0 Å². The Hall–Kier alpha value is -1.31. The summed E-state index contributed by atoms with van der Waals surface area (Å²) in [6.45, 7) is 6.63. The number of nitrogens with zero attached hydrogens (tertiary/aromatic N) is 1. The van der Waals surface area contributed by atoms with Gasteiger partial charge in [0, 0.05) is 6.42 Å². The maximum Gasteiger partial charge on any atom is 0.107 e. The van der Waals surface area contributed by atoms with E-state index in [2.05, 4.69) is 37.9 Å². The number of unbranched alkanes of at least 4 members (excludes halogenated alkanes) is 13. The monoisotopic (exact) mass is 370 g/mol. The van der Waals surface area contributed by atoms with Crippen molar-refractivity contribution in [2.24, 2.45) is 0 Å². The molecule has 1 N–H and O–H groups in total. The molecule has 1 heterocycles. The number of nitrogens with one attached hydrogen (secondary N) is 1. The van der Waals surface area contributed by atoms with Crippen molar-refractivity contribution in [3.63, 3.8) is 0 Å². The lowest BCUT2D eigenvalue weighted by Gasteiger charge is -2.03. The number of fused-ring (bicyclic) bond motifs is 1. The van der Waals surface area contributed by atoms with Gasteiger partial charge >= 0.3 is 0 Å². The number of hydrogen-bond donors (Lipinski definition) is 1. The zero-order valence-corrected chi connectivity index (χ0v) is 18.2. The van der Waals surface area contributed by atoms with Crippen molar-refractivity contribution in [3.05, 3.63) is 29.1 Å². The fraction of sp³-hybridized carbons (Fsp3) is 0.720. The molecule has 2 rings (SSSR count). The van der Waals surface area contributed by atoms with Gasteiger partial charge in [-0.1, -0.05) is 96.5 Å². The van der Waals surface area contributed by atoms with Crippen LogP contribution in [0.25, 0.3) is 11.0 Å². The molecule has 0 unspecified atom stereocenters. The van der Waals surface area contributed by atoms with Gasteiger partial charge in [-0.2, -0.15) is 0 Å². The first-order valence-corrected chi connectivity index (χ1v) is 11.7. The Balaban J connectivity index is 1.44. The standard InChI is InChI=1S/C25H42N2/c1-4-5-6-7-8-9-10-11-12-13-14-15-16-17-18-24-26-23-20-19-21(2)22(3)25(23)27-24/h19-20H,4-18H2,1-3H3,(H,26,27). The van der Waals surface area contributed by atoms with Crippen LogP contribution in [0.15, 0.2) is 12.1 Å². The van der Waals surface area contributed by atoms with E-state index in [1.54, 1.807) is 0 Å². The molecule has 0 bridgehead atoms. The summed E-state index contributed by atoms with van der Waals surface area (Å²) in [6, 6.07) is 4.35. The van der Waals surface area contributed by atoms with Crippen molar-refractivity contribution in [3.8, 4) is 0 Å². The van der Waals surface area contributed by atoms with Gasteiger partial charge in [0.15, 0.2) is 0 Å². The Morgan fingerprint density at radius 2 is 1.22 bits per heavy atom. The van der Waals surface area contributed by atoms with Gasteiger partial charge in [0.05, 0.1) is 11.0 Å².